The van der Waals surface area contributed by atoms with Gasteiger partial charge in [-0.3, -0.25) is 18.7 Å². The molecule has 2 aliphatic heterocycles. The second-order valence-corrected chi connectivity index (χ2v) is 12.4. The van der Waals surface area contributed by atoms with E-state index in [1.807, 2.05) is 95.9 Å². The SMILES string of the molecule is CC(=O)OC[C@H]1O[C@@H](n2cnc3c(=O)n(CCCN=[N+]=[N-])c(/N=C/N(Cc4ccccc4)Cc4ccccc4)nc32)[C@@H]2OC(c3ccccc3)O[C@@H]21. The summed E-state index contributed by atoms with van der Waals surface area (Å²) in [6.45, 7) is 2.78. The molecule has 0 spiro atoms. The van der Waals surface area contributed by atoms with E-state index in [9.17, 15) is 9.59 Å². The molecule has 0 bridgehead atoms. The molecule has 0 saturated carbocycles. The van der Waals surface area contributed by atoms with Crippen molar-refractivity contribution in [2.75, 3.05) is 13.2 Å². The molecule has 15 nitrogen and oxygen atoms in total. The normalized spacial score (nSPS) is 20.9. The van der Waals surface area contributed by atoms with E-state index < -0.39 is 42.4 Å². The molecule has 2 fully saturated rings. The fraction of sp³-hybridized carbons (Fsp3) is 0.324. The van der Waals surface area contributed by atoms with Crippen LogP contribution in [-0.4, -0.2) is 67.8 Å². The number of hydrogen-bond acceptors (Lipinski definition) is 10. The molecular formula is C37H37N9O6. The van der Waals surface area contributed by atoms with Crippen molar-refractivity contribution in [3.05, 3.63) is 135 Å². The Morgan fingerprint density at radius 1 is 0.962 bits per heavy atom. The molecule has 0 radical (unpaired) electrons. The molecule has 52 heavy (non-hydrogen) atoms. The first-order valence-electron chi connectivity index (χ1n) is 17.0. The maximum Gasteiger partial charge on any atom is 0.302 e. The lowest BCUT2D eigenvalue weighted by Gasteiger charge is -2.21. The van der Waals surface area contributed by atoms with Crippen molar-refractivity contribution in [3.8, 4) is 0 Å². The Morgan fingerprint density at radius 2 is 1.62 bits per heavy atom. The predicted molar refractivity (Wildman–Crippen MR) is 190 cm³/mol. The topological polar surface area (TPSA) is 171 Å². The molecule has 1 unspecified atom stereocenters. The van der Waals surface area contributed by atoms with Gasteiger partial charge in [0.05, 0.1) is 12.7 Å². The lowest BCUT2D eigenvalue weighted by Crippen LogP contribution is -2.32. The number of carbonyl (C=O) groups is 1. The van der Waals surface area contributed by atoms with Crippen LogP contribution in [0.3, 0.4) is 0 Å². The summed E-state index contributed by atoms with van der Waals surface area (Å²) in [5.41, 5.74) is 11.7. The molecule has 7 rings (SSSR count). The number of ether oxygens (including phenoxy) is 4. The average Bonchev–Trinajstić information content (AvgIpc) is 3.88. The third kappa shape index (κ3) is 7.72. The zero-order valence-corrected chi connectivity index (χ0v) is 28.4. The number of fused-ring (bicyclic) bond motifs is 2. The maximum absolute atomic E-state index is 14.1. The van der Waals surface area contributed by atoms with E-state index >= 15 is 0 Å². The Bertz CT molecular complexity index is 2080. The minimum absolute atomic E-state index is 0.0515. The lowest BCUT2D eigenvalue weighted by molar-refractivity contribution is -0.165. The van der Waals surface area contributed by atoms with Crippen molar-refractivity contribution >= 4 is 29.4 Å². The highest BCUT2D eigenvalue weighted by Gasteiger charge is 2.54. The van der Waals surface area contributed by atoms with Gasteiger partial charge < -0.3 is 23.8 Å². The van der Waals surface area contributed by atoms with Crippen LogP contribution in [0, 0.1) is 0 Å². The summed E-state index contributed by atoms with van der Waals surface area (Å²) >= 11 is 0. The third-order valence-corrected chi connectivity index (χ3v) is 8.80. The summed E-state index contributed by atoms with van der Waals surface area (Å²) in [6, 6.07) is 29.6. The summed E-state index contributed by atoms with van der Waals surface area (Å²) in [5.74, 6) is -0.308. The van der Waals surface area contributed by atoms with E-state index in [1.54, 1.807) is 10.9 Å². The smallest absolute Gasteiger partial charge is 0.302 e. The quantitative estimate of drug-likeness (QED) is 0.0272. The van der Waals surface area contributed by atoms with Gasteiger partial charge in [0.2, 0.25) is 5.95 Å². The van der Waals surface area contributed by atoms with Crippen LogP contribution < -0.4 is 5.56 Å². The monoisotopic (exact) mass is 703 g/mol. The van der Waals surface area contributed by atoms with Crippen molar-refractivity contribution in [1.82, 2.24) is 24.0 Å². The summed E-state index contributed by atoms with van der Waals surface area (Å²) in [7, 11) is 0. The molecule has 2 aromatic heterocycles. The van der Waals surface area contributed by atoms with E-state index in [4.69, 9.17) is 34.5 Å². The van der Waals surface area contributed by atoms with E-state index in [2.05, 4.69) is 15.0 Å². The number of esters is 1. The van der Waals surface area contributed by atoms with Gasteiger partial charge in [-0.05, 0) is 23.1 Å². The fourth-order valence-electron chi connectivity index (χ4n) is 6.39. The van der Waals surface area contributed by atoms with Gasteiger partial charge in [-0.25, -0.2) is 9.98 Å². The second kappa shape index (κ2) is 16.0. The van der Waals surface area contributed by atoms with Crippen LogP contribution in [0.25, 0.3) is 21.6 Å². The zero-order valence-electron chi connectivity index (χ0n) is 28.4. The number of aliphatic imine (C=N–C) groups is 1. The molecule has 4 heterocycles. The number of carbonyl (C=O) groups excluding carboxylic acids is 1. The number of benzene rings is 3. The van der Waals surface area contributed by atoms with Gasteiger partial charge in [0.15, 0.2) is 23.7 Å². The van der Waals surface area contributed by atoms with Gasteiger partial charge in [0.1, 0.15) is 24.9 Å². The molecular weight excluding hydrogens is 666 g/mol. The van der Waals surface area contributed by atoms with Crippen molar-refractivity contribution in [3.63, 3.8) is 0 Å². The molecule has 0 N–H and O–H groups in total. The second-order valence-electron chi connectivity index (χ2n) is 12.4. The minimum atomic E-state index is -0.818. The number of aromatic nitrogens is 4. The van der Waals surface area contributed by atoms with Crippen molar-refractivity contribution in [2.24, 2.45) is 10.1 Å². The summed E-state index contributed by atoms with van der Waals surface area (Å²) < 4.78 is 27.6. The Balaban J connectivity index is 1.26. The molecule has 2 aliphatic rings. The number of nitrogens with zero attached hydrogens (tertiary/aromatic N) is 9. The van der Waals surface area contributed by atoms with Crippen LogP contribution in [-0.2, 0) is 43.4 Å². The van der Waals surface area contributed by atoms with Gasteiger partial charge >= 0.3 is 5.97 Å². The predicted octanol–water partition coefficient (Wildman–Crippen LogP) is 5.60. The van der Waals surface area contributed by atoms with E-state index in [1.165, 1.54) is 17.8 Å². The van der Waals surface area contributed by atoms with Crippen molar-refractivity contribution in [1.29, 1.82) is 0 Å². The molecule has 0 aliphatic carbocycles. The van der Waals surface area contributed by atoms with Crippen LogP contribution in [0.1, 0.15) is 42.6 Å². The Hall–Kier alpha value is -5.86. The van der Waals surface area contributed by atoms with Gasteiger partial charge in [-0.2, -0.15) is 4.98 Å². The van der Waals surface area contributed by atoms with E-state index in [0.29, 0.717) is 19.5 Å². The molecule has 5 aromatic rings. The lowest BCUT2D eigenvalue weighted by atomic mass is 10.1. The van der Waals surface area contributed by atoms with E-state index in [-0.39, 0.29) is 36.8 Å². The summed E-state index contributed by atoms with van der Waals surface area (Å²) in [4.78, 5) is 44.8. The largest absolute Gasteiger partial charge is 0.463 e. The molecule has 2 saturated heterocycles. The molecule has 3 aromatic carbocycles. The van der Waals surface area contributed by atoms with Crippen LogP contribution in [0.5, 0.6) is 0 Å². The van der Waals surface area contributed by atoms with Gasteiger partial charge in [0.25, 0.3) is 5.56 Å². The van der Waals surface area contributed by atoms with Gasteiger partial charge in [-0.15, -0.1) is 0 Å². The Labute approximate surface area is 298 Å². The first-order chi connectivity index (χ1) is 25.5. The molecule has 15 heteroatoms. The Morgan fingerprint density at radius 3 is 2.27 bits per heavy atom. The zero-order chi connectivity index (χ0) is 35.9. The summed E-state index contributed by atoms with van der Waals surface area (Å²) in [5, 5.41) is 3.63. The molecule has 266 valence electrons. The standard InChI is InChI=1S/C37H37N9O6/c1-25(47)49-22-29-31-32(52-36(51-31)28-16-9-4-10-17-28)35(50-29)46-24-39-30-33(46)42-37(45(34(30)48)19-11-18-41-43-38)40-23-44(20-26-12-5-2-6-13-26)21-27-14-7-3-8-15-27/h2-10,12-17,23-24,29,31-32,35-36H,11,18-22H2,1H3/b40-23+/t29-,31-,32-,35-,36?/m1/s1. The van der Waals surface area contributed by atoms with Crippen LogP contribution >= 0.6 is 0 Å². The van der Waals surface area contributed by atoms with Gasteiger partial charge in [0, 0.05) is 43.6 Å². The van der Waals surface area contributed by atoms with Crippen LogP contribution in [0.15, 0.2) is 112 Å². The minimum Gasteiger partial charge on any atom is -0.463 e. The fourth-order valence-corrected chi connectivity index (χ4v) is 6.39. The average molecular weight is 704 g/mol. The highest BCUT2D eigenvalue weighted by atomic mass is 16.8. The number of rotatable bonds is 14. The van der Waals surface area contributed by atoms with E-state index in [0.717, 1.165) is 16.7 Å². The van der Waals surface area contributed by atoms with Crippen molar-refractivity contribution in [2.45, 2.75) is 63.8 Å². The number of imidazole rings is 1. The third-order valence-electron chi connectivity index (χ3n) is 8.80. The summed E-state index contributed by atoms with van der Waals surface area (Å²) in [6.07, 6.45) is 0.174. The molecule has 0 amide bonds. The highest BCUT2D eigenvalue weighted by Crippen LogP contribution is 2.44. The maximum atomic E-state index is 14.1. The first kappa shape index (κ1) is 34.6. The number of azide groups is 1. The number of hydrogen-bond donors (Lipinski definition) is 0. The van der Waals surface area contributed by atoms with Crippen molar-refractivity contribution < 1.29 is 23.7 Å². The van der Waals surface area contributed by atoms with Crippen LogP contribution in [0.4, 0.5) is 5.95 Å². The molecule has 5 atom stereocenters. The van der Waals surface area contributed by atoms with Gasteiger partial charge in [-0.1, -0.05) is 96.1 Å². The van der Waals surface area contributed by atoms with Crippen LogP contribution in [0.2, 0.25) is 0 Å². The Kier molecular flexibility index (Phi) is 10.6. The highest BCUT2D eigenvalue weighted by molar-refractivity contribution is 5.72. The first-order valence-corrected chi connectivity index (χ1v) is 17.0.